The lowest BCUT2D eigenvalue weighted by atomic mass is 9.93. The largest absolute Gasteiger partial charge is 0.353 e. The van der Waals surface area contributed by atoms with Gasteiger partial charge in [-0.2, -0.15) is 10.5 Å². The van der Waals surface area contributed by atoms with Crippen LogP contribution in [0.25, 0.3) is 10.8 Å². The van der Waals surface area contributed by atoms with Gasteiger partial charge in [0, 0.05) is 76.1 Å². The minimum Gasteiger partial charge on any atom is -0.353 e. The molecule has 3 aliphatic rings. The zero-order chi connectivity index (χ0) is 27.6. The topological polar surface area (TPSA) is 103 Å². The minimum absolute atomic E-state index is 0. The maximum atomic E-state index is 13.9. The summed E-state index contributed by atoms with van der Waals surface area (Å²) in [6, 6.07) is 18.7. The van der Waals surface area contributed by atoms with E-state index in [1.54, 1.807) is 0 Å². The fourth-order valence-corrected chi connectivity index (χ4v) is 6.24. The van der Waals surface area contributed by atoms with Crippen LogP contribution in [0.5, 0.6) is 0 Å². The van der Waals surface area contributed by atoms with E-state index >= 15 is 0 Å². The van der Waals surface area contributed by atoms with Crippen molar-refractivity contribution in [3.63, 3.8) is 0 Å². The first kappa shape index (κ1) is 28.6. The van der Waals surface area contributed by atoms with E-state index in [0.29, 0.717) is 43.6 Å². The zero-order valence-corrected chi connectivity index (χ0v) is 24.2. The van der Waals surface area contributed by atoms with Crippen LogP contribution in [0.2, 0.25) is 0 Å². The number of piperazine rings is 2. The van der Waals surface area contributed by atoms with Crippen molar-refractivity contribution in [3.05, 3.63) is 64.7 Å². The van der Waals surface area contributed by atoms with Gasteiger partial charge in [0.2, 0.25) is 0 Å². The molecule has 212 valence electrons. The van der Waals surface area contributed by atoms with Crippen molar-refractivity contribution in [3.8, 4) is 12.1 Å². The third-order valence-electron chi connectivity index (χ3n) is 8.47. The summed E-state index contributed by atoms with van der Waals surface area (Å²) >= 11 is 0. The first-order valence-electron chi connectivity index (χ1n) is 14.1. The molecule has 1 N–H and O–H groups in total. The number of nitrogens with one attached hydrogen (secondary N) is 1. The summed E-state index contributed by atoms with van der Waals surface area (Å²) in [6.07, 6.45) is 1.08. The van der Waals surface area contributed by atoms with Crippen LogP contribution in [-0.2, 0) is 13.0 Å². The molecule has 1 aromatic heterocycles. The number of pyridine rings is 1. The Labute approximate surface area is 247 Å². The maximum absolute atomic E-state index is 13.9. The molecule has 1 atom stereocenters. The number of halogens is 1. The molecule has 2 saturated heterocycles. The molecule has 1 unspecified atom stereocenters. The number of carbonyl (C=O) groups excluding carboxylic acids is 1. The molecule has 3 aliphatic heterocycles. The lowest BCUT2D eigenvalue weighted by Crippen LogP contribution is -2.51. The molecule has 1 amide bonds. The number of rotatable bonds is 4. The van der Waals surface area contributed by atoms with Crippen molar-refractivity contribution in [2.24, 2.45) is 0 Å². The van der Waals surface area contributed by atoms with E-state index < -0.39 is 0 Å². The highest BCUT2D eigenvalue weighted by molar-refractivity contribution is 6.07. The van der Waals surface area contributed by atoms with Crippen molar-refractivity contribution in [2.75, 3.05) is 69.2 Å². The number of nitriles is 2. The Balaban J connectivity index is 0.00000337. The van der Waals surface area contributed by atoms with Gasteiger partial charge in [0.1, 0.15) is 17.7 Å². The summed E-state index contributed by atoms with van der Waals surface area (Å²) in [5.41, 5.74) is 3.25. The van der Waals surface area contributed by atoms with Gasteiger partial charge < -0.3 is 24.9 Å². The quantitative estimate of drug-likeness (QED) is 0.510. The fourth-order valence-electron chi connectivity index (χ4n) is 6.24. The van der Waals surface area contributed by atoms with Gasteiger partial charge in [-0.15, -0.1) is 12.4 Å². The summed E-state index contributed by atoms with van der Waals surface area (Å²) < 4.78 is 0. The zero-order valence-electron chi connectivity index (χ0n) is 23.3. The van der Waals surface area contributed by atoms with Crippen molar-refractivity contribution < 1.29 is 4.79 Å². The van der Waals surface area contributed by atoms with Crippen LogP contribution in [0.3, 0.4) is 0 Å². The SMILES string of the molecule is CN1CCN(c2nc(N3CCNC(CC#N)C3)c3c(c2C#N)CN(C(=O)c2cccc4ccccc24)CC3)CC1.Cl. The van der Waals surface area contributed by atoms with Gasteiger partial charge >= 0.3 is 0 Å². The van der Waals surface area contributed by atoms with Gasteiger partial charge in [0.15, 0.2) is 0 Å². The molecule has 6 rings (SSSR count). The molecule has 0 radical (unpaired) electrons. The third-order valence-corrected chi connectivity index (χ3v) is 8.47. The summed E-state index contributed by atoms with van der Waals surface area (Å²) in [6.45, 7) is 6.61. The van der Waals surface area contributed by atoms with E-state index in [1.807, 2.05) is 47.4 Å². The maximum Gasteiger partial charge on any atom is 0.254 e. The van der Waals surface area contributed by atoms with E-state index in [2.05, 4.69) is 39.2 Å². The molecular weight excluding hydrogens is 536 g/mol. The van der Waals surface area contributed by atoms with Gasteiger partial charge in [-0.1, -0.05) is 36.4 Å². The number of fused-ring (bicyclic) bond motifs is 2. The van der Waals surface area contributed by atoms with E-state index in [0.717, 1.165) is 72.8 Å². The minimum atomic E-state index is -0.0119. The average molecular weight is 571 g/mol. The van der Waals surface area contributed by atoms with E-state index in [4.69, 9.17) is 4.98 Å². The molecule has 2 fully saturated rings. The number of benzene rings is 2. The van der Waals surface area contributed by atoms with E-state index in [-0.39, 0.29) is 24.4 Å². The number of amides is 1. The van der Waals surface area contributed by atoms with Crippen LogP contribution in [0.4, 0.5) is 11.6 Å². The molecular formula is C31H35ClN8O. The molecule has 0 saturated carbocycles. The number of hydrogen-bond donors (Lipinski definition) is 1. The number of aromatic nitrogens is 1. The van der Waals surface area contributed by atoms with Gasteiger partial charge in [-0.25, -0.2) is 4.98 Å². The monoisotopic (exact) mass is 570 g/mol. The highest BCUT2D eigenvalue weighted by Crippen LogP contribution is 2.36. The second kappa shape index (κ2) is 12.3. The Hall–Kier alpha value is -3.89. The number of anilines is 2. The number of hydrogen-bond acceptors (Lipinski definition) is 8. The van der Waals surface area contributed by atoms with Crippen molar-refractivity contribution in [1.29, 1.82) is 10.5 Å². The van der Waals surface area contributed by atoms with Gasteiger partial charge in [0.25, 0.3) is 5.91 Å². The molecule has 0 aliphatic carbocycles. The van der Waals surface area contributed by atoms with Crippen LogP contribution in [0.1, 0.15) is 33.5 Å². The Bertz CT molecular complexity index is 1520. The van der Waals surface area contributed by atoms with Crippen LogP contribution in [0, 0.1) is 22.7 Å². The van der Waals surface area contributed by atoms with Gasteiger partial charge in [0.05, 0.1) is 18.1 Å². The molecule has 0 spiro atoms. The highest BCUT2D eigenvalue weighted by atomic mass is 35.5. The first-order valence-corrected chi connectivity index (χ1v) is 14.1. The van der Waals surface area contributed by atoms with Crippen LogP contribution in [0.15, 0.2) is 42.5 Å². The molecule has 0 bridgehead atoms. The first-order chi connectivity index (χ1) is 19.6. The molecule has 4 heterocycles. The smallest absolute Gasteiger partial charge is 0.254 e. The van der Waals surface area contributed by atoms with Crippen LogP contribution < -0.4 is 15.1 Å². The summed E-state index contributed by atoms with van der Waals surface area (Å²) in [4.78, 5) is 27.8. The normalized spacial score (nSPS) is 19.2. The summed E-state index contributed by atoms with van der Waals surface area (Å²) in [5, 5.41) is 25.2. The Kier molecular flexibility index (Phi) is 8.60. The van der Waals surface area contributed by atoms with E-state index in [1.165, 1.54) is 0 Å². The Morgan fingerprint density at radius 2 is 1.76 bits per heavy atom. The van der Waals surface area contributed by atoms with Gasteiger partial charge in [-0.3, -0.25) is 4.79 Å². The predicted octanol–water partition coefficient (Wildman–Crippen LogP) is 3.17. The predicted molar refractivity (Wildman–Crippen MR) is 163 cm³/mol. The Morgan fingerprint density at radius 3 is 2.54 bits per heavy atom. The lowest BCUT2D eigenvalue weighted by molar-refractivity contribution is 0.0736. The lowest BCUT2D eigenvalue weighted by Gasteiger charge is -2.40. The Morgan fingerprint density at radius 1 is 0.976 bits per heavy atom. The number of likely N-dealkylation sites (N-methyl/N-ethyl adjacent to an activating group) is 1. The van der Waals surface area contributed by atoms with Crippen molar-refractivity contribution in [2.45, 2.75) is 25.4 Å². The van der Waals surface area contributed by atoms with Crippen LogP contribution in [-0.4, -0.2) is 86.1 Å². The highest BCUT2D eigenvalue weighted by Gasteiger charge is 2.33. The molecule has 10 heteroatoms. The summed E-state index contributed by atoms with van der Waals surface area (Å²) in [5.74, 6) is 1.62. The second-order valence-corrected chi connectivity index (χ2v) is 11.0. The van der Waals surface area contributed by atoms with Crippen LogP contribution >= 0.6 is 12.4 Å². The summed E-state index contributed by atoms with van der Waals surface area (Å²) in [7, 11) is 2.11. The fraction of sp³-hybridized carbons (Fsp3) is 0.419. The number of carbonyl (C=O) groups is 1. The van der Waals surface area contributed by atoms with E-state index in [9.17, 15) is 15.3 Å². The second-order valence-electron chi connectivity index (χ2n) is 11.0. The van der Waals surface area contributed by atoms with Crippen molar-refractivity contribution in [1.82, 2.24) is 20.1 Å². The molecule has 41 heavy (non-hydrogen) atoms. The molecule has 3 aromatic rings. The third kappa shape index (κ3) is 5.54. The average Bonchev–Trinajstić information content (AvgIpc) is 3.00. The molecule has 2 aromatic carbocycles. The number of nitrogens with zero attached hydrogens (tertiary/aromatic N) is 7. The van der Waals surface area contributed by atoms with Gasteiger partial charge in [-0.05, 0) is 35.9 Å². The molecule has 9 nitrogen and oxygen atoms in total. The standard InChI is InChI=1S/C31H34N8O.ClH/c1-36-15-17-37(18-16-36)30-27(19-33)28-21-39(31(40)26-8-4-6-22-5-2-3-7-24(22)26)13-10-25(28)29(35-30)38-14-12-34-23(20-38)9-11-32;/h2-8,23,34H,9-10,12-18,20-21H2,1H3;1H. The van der Waals surface area contributed by atoms with Crippen molar-refractivity contribution >= 4 is 40.7 Å².